The Morgan fingerprint density at radius 1 is 1.21 bits per heavy atom. The van der Waals surface area contributed by atoms with Gasteiger partial charge in [-0.3, -0.25) is 4.90 Å². The molecule has 0 radical (unpaired) electrons. The number of nitrogens with two attached hydrogens (primary N) is 1. The molecule has 1 fully saturated rings. The van der Waals surface area contributed by atoms with E-state index in [0.717, 1.165) is 17.6 Å². The van der Waals surface area contributed by atoms with E-state index < -0.39 is 0 Å². The highest BCUT2D eigenvalue weighted by Gasteiger charge is 2.30. The van der Waals surface area contributed by atoms with E-state index in [1.54, 1.807) is 0 Å². The Kier molecular flexibility index (Phi) is 5.01. The molecule has 0 spiro atoms. The van der Waals surface area contributed by atoms with Crippen molar-refractivity contribution in [3.63, 3.8) is 0 Å². The van der Waals surface area contributed by atoms with Gasteiger partial charge >= 0.3 is 0 Å². The number of benzene rings is 1. The zero-order chi connectivity index (χ0) is 14.0. The summed E-state index contributed by atoms with van der Waals surface area (Å²) in [4.78, 5) is 2.45. The summed E-state index contributed by atoms with van der Waals surface area (Å²) in [6.07, 6.45) is 0.529. The molecule has 106 valence electrons. The normalized spacial score (nSPS) is 28.1. The minimum Gasteiger partial charge on any atom is -0.373 e. The van der Waals surface area contributed by atoms with Gasteiger partial charge in [-0.1, -0.05) is 28.1 Å². The van der Waals surface area contributed by atoms with Crippen LogP contribution >= 0.6 is 15.9 Å². The zero-order valence-corrected chi connectivity index (χ0v) is 13.4. The average Bonchev–Trinajstić information content (AvgIpc) is 2.30. The molecule has 3 nitrogen and oxygen atoms in total. The van der Waals surface area contributed by atoms with Crippen molar-refractivity contribution < 1.29 is 4.74 Å². The minimum atomic E-state index is 0.0960. The second-order valence-corrected chi connectivity index (χ2v) is 6.48. The summed E-state index contributed by atoms with van der Waals surface area (Å²) in [7, 11) is 0. The summed E-state index contributed by atoms with van der Waals surface area (Å²) in [6.45, 7) is 8.21. The highest BCUT2D eigenvalue weighted by atomic mass is 79.9. The maximum atomic E-state index is 6.23. The predicted octanol–water partition coefficient (Wildman–Crippen LogP) is 2.95. The number of rotatable bonds is 3. The van der Waals surface area contributed by atoms with Crippen LogP contribution in [0.25, 0.3) is 0 Å². The average molecular weight is 327 g/mol. The van der Waals surface area contributed by atoms with Crippen LogP contribution in [0.2, 0.25) is 0 Å². The van der Waals surface area contributed by atoms with Crippen LogP contribution in [0.5, 0.6) is 0 Å². The number of ether oxygens (including phenoxy) is 1. The lowest BCUT2D eigenvalue weighted by Crippen LogP contribution is -2.50. The molecule has 19 heavy (non-hydrogen) atoms. The van der Waals surface area contributed by atoms with E-state index in [1.165, 1.54) is 5.56 Å². The van der Waals surface area contributed by atoms with E-state index in [-0.39, 0.29) is 24.3 Å². The van der Waals surface area contributed by atoms with E-state index >= 15 is 0 Å². The number of morpholine rings is 1. The van der Waals surface area contributed by atoms with Gasteiger partial charge in [-0.05, 0) is 38.5 Å². The van der Waals surface area contributed by atoms with E-state index in [1.807, 2.05) is 0 Å². The SMILES string of the molecule is CC(N)C(c1ccc(Br)cc1)N1C[C@@H](C)O[C@@H](C)C1. The first kappa shape index (κ1) is 15.0. The molecule has 4 atom stereocenters. The maximum Gasteiger partial charge on any atom is 0.0678 e. The molecule has 2 unspecified atom stereocenters. The van der Waals surface area contributed by atoms with Crippen LogP contribution in [0.1, 0.15) is 32.4 Å². The third kappa shape index (κ3) is 3.78. The molecular weight excluding hydrogens is 304 g/mol. The summed E-state index contributed by atoms with van der Waals surface area (Å²) in [5.74, 6) is 0. The topological polar surface area (TPSA) is 38.5 Å². The van der Waals surface area contributed by atoms with Gasteiger partial charge in [0.05, 0.1) is 12.2 Å². The number of nitrogens with zero attached hydrogens (tertiary/aromatic N) is 1. The molecule has 1 aliphatic rings. The third-order valence-electron chi connectivity index (χ3n) is 3.55. The van der Waals surface area contributed by atoms with Crippen LogP contribution in [0.3, 0.4) is 0 Å². The molecule has 1 aromatic rings. The molecule has 1 aromatic carbocycles. The van der Waals surface area contributed by atoms with E-state index in [0.29, 0.717) is 0 Å². The van der Waals surface area contributed by atoms with Crippen LogP contribution in [-0.2, 0) is 4.74 Å². The van der Waals surface area contributed by atoms with Gasteiger partial charge < -0.3 is 10.5 Å². The second-order valence-electron chi connectivity index (χ2n) is 5.57. The lowest BCUT2D eigenvalue weighted by molar-refractivity contribution is -0.0831. The fourth-order valence-corrected chi connectivity index (χ4v) is 3.22. The molecule has 2 N–H and O–H groups in total. The number of halogens is 1. The quantitative estimate of drug-likeness (QED) is 0.928. The van der Waals surface area contributed by atoms with Gasteiger partial charge in [-0.25, -0.2) is 0 Å². The van der Waals surface area contributed by atoms with Gasteiger partial charge in [0.25, 0.3) is 0 Å². The fraction of sp³-hybridized carbons (Fsp3) is 0.600. The van der Waals surface area contributed by atoms with Crippen molar-refractivity contribution >= 4 is 15.9 Å². The van der Waals surface area contributed by atoms with Crippen molar-refractivity contribution in [2.45, 2.75) is 45.1 Å². The maximum absolute atomic E-state index is 6.23. The fourth-order valence-electron chi connectivity index (χ4n) is 2.95. The molecule has 0 amide bonds. The summed E-state index contributed by atoms with van der Waals surface area (Å²) in [6, 6.07) is 8.82. The van der Waals surface area contributed by atoms with Crippen molar-refractivity contribution in [1.82, 2.24) is 4.90 Å². The predicted molar refractivity (Wildman–Crippen MR) is 82.1 cm³/mol. The molecule has 2 rings (SSSR count). The first-order valence-corrected chi connectivity index (χ1v) is 7.67. The van der Waals surface area contributed by atoms with E-state index in [2.05, 4.69) is 65.9 Å². The van der Waals surface area contributed by atoms with Gasteiger partial charge in [0, 0.05) is 29.6 Å². The van der Waals surface area contributed by atoms with Crippen molar-refractivity contribution in [1.29, 1.82) is 0 Å². The van der Waals surface area contributed by atoms with Crippen LogP contribution in [0, 0.1) is 0 Å². The van der Waals surface area contributed by atoms with E-state index in [9.17, 15) is 0 Å². The Hall–Kier alpha value is -0.420. The Bertz CT molecular complexity index is 397. The van der Waals surface area contributed by atoms with Gasteiger partial charge in [0.2, 0.25) is 0 Å². The molecule has 0 aliphatic carbocycles. The molecule has 1 aliphatic heterocycles. The Morgan fingerprint density at radius 3 is 2.21 bits per heavy atom. The highest BCUT2D eigenvalue weighted by molar-refractivity contribution is 9.10. The monoisotopic (exact) mass is 326 g/mol. The first-order valence-electron chi connectivity index (χ1n) is 6.88. The zero-order valence-electron chi connectivity index (χ0n) is 11.8. The Labute approximate surface area is 124 Å². The number of hydrogen-bond donors (Lipinski definition) is 1. The third-order valence-corrected chi connectivity index (χ3v) is 4.08. The van der Waals surface area contributed by atoms with Gasteiger partial charge in [-0.15, -0.1) is 0 Å². The van der Waals surface area contributed by atoms with Crippen molar-refractivity contribution in [2.75, 3.05) is 13.1 Å². The standard InChI is InChI=1S/C15H23BrN2O/c1-10-8-18(9-11(2)19-10)15(12(3)17)13-4-6-14(16)7-5-13/h4-7,10-12,15H,8-9,17H2,1-3H3/t10-,11+,12?,15?. The van der Waals surface area contributed by atoms with Crippen LogP contribution in [0.15, 0.2) is 28.7 Å². The highest BCUT2D eigenvalue weighted by Crippen LogP contribution is 2.28. The molecule has 1 heterocycles. The molecule has 0 saturated carbocycles. The Balaban J connectivity index is 2.22. The lowest BCUT2D eigenvalue weighted by atomic mass is 9.98. The number of hydrogen-bond acceptors (Lipinski definition) is 3. The summed E-state index contributed by atoms with van der Waals surface area (Å²) in [5.41, 5.74) is 7.51. The first-order chi connectivity index (χ1) is 8.97. The summed E-state index contributed by atoms with van der Waals surface area (Å²) < 4.78 is 6.91. The van der Waals surface area contributed by atoms with Gasteiger partial charge in [0.15, 0.2) is 0 Å². The summed E-state index contributed by atoms with van der Waals surface area (Å²) in [5, 5.41) is 0. The van der Waals surface area contributed by atoms with Crippen LogP contribution in [-0.4, -0.2) is 36.2 Å². The van der Waals surface area contributed by atoms with Crippen molar-refractivity contribution in [3.8, 4) is 0 Å². The minimum absolute atomic E-state index is 0.0960. The largest absolute Gasteiger partial charge is 0.373 e. The molecule has 0 aromatic heterocycles. The van der Waals surface area contributed by atoms with Gasteiger partial charge in [0.1, 0.15) is 0 Å². The smallest absolute Gasteiger partial charge is 0.0678 e. The van der Waals surface area contributed by atoms with Crippen molar-refractivity contribution in [2.24, 2.45) is 5.73 Å². The molecule has 0 bridgehead atoms. The van der Waals surface area contributed by atoms with Crippen LogP contribution < -0.4 is 5.73 Å². The molecule has 4 heteroatoms. The second kappa shape index (κ2) is 6.35. The molecular formula is C15H23BrN2O. The lowest BCUT2D eigenvalue weighted by Gasteiger charge is -2.42. The van der Waals surface area contributed by atoms with Gasteiger partial charge in [-0.2, -0.15) is 0 Å². The van der Waals surface area contributed by atoms with Crippen molar-refractivity contribution in [3.05, 3.63) is 34.3 Å². The summed E-state index contributed by atoms with van der Waals surface area (Å²) >= 11 is 3.48. The van der Waals surface area contributed by atoms with E-state index in [4.69, 9.17) is 10.5 Å². The van der Waals surface area contributed by atoms with Crippen LogP contribution in [0.4, 0.5) is 0 Å². The molecule has 1 saturated heterocycles. The Morgan fingerprint density at radius 2 is 1.74 bits per heavy atom.